The molecule has 2 rings (SSSR count). The Labute approximate surface area is 140 Å². The minimum Gasteiger partial charge on any atom is -0.379 e. The minimum absolute atomic E-state index is 0. The number of ether oxygens (including phenoxy) is 1. The van der Waals surface area contributed by atoms with Crippen LogP contribution in [0.2, 0.25) is 0 Å². The first-order valence-electron chi connectivity index (χ1n) is 7.51. The number of nitrogens with zero attached hydrogens (tertiary/aromatic N) is 1. The number of hydrogen-bond donors (Lipinski definition) is 2. The SMILES string of the molecule is CC(CNC(=O)C1(N)CCCCC1)N1CCOCC1.Cl.Cl. The van der Waals surface area contributed by atoms with E-state index < -0.39 is 5.54 Å². The molecule has 0 bridgehead atoms. The highest BCUT2D eigenvalue weighted by Crippen LogP contribution is 2.25. The molecule has 1 saturated carbocycles. The van der Waals surface area contributed by atoms with Crippen LogP contribution >= 0.6 is 24.8 Å². The summed E-state index contributed by atoms with van der Waals surface area (Å²) in [6.07, 6.45) is 5.00. The molecule has 126 valence electrons. The summed E-state index contributed by atoms with van der Waals surface area (Å²) in [5.41, 5.74) is 5.60. The maximum Gasteiger partial charge on any atom is 0.240 e. The van der Waals surface area contributed by atoms with Crippen molar-refractivity contribution in [3.8, 4) is 0 Å². The molecule has 1 aliphatic carbocycles. The topological polar surface area (TPSA) is 67.6 Å². The number of carbonyl (C=O) groups is 1. The highest BCUT2D eigenvalue weighted by molar-refractivity contribution is 5.86. The number of nitrogens with two attached hydrogens (primary N) is 1. The zero-order valence-electron chi connectivity index (χ0n) is 12.8. The summed E-state index contributed by atoms with van der Waals surface area (Å²) < 4.78 is 5.34. The number of hydrogen-bond acceptors (Lipinski definition) is 4. The van der Waals surface area contributed by atoms with Crippen molar-refractivity contribution in [3.63, 3.8) is 0 Å². The van der Waals surface area contributed by atoms with Gasteiger partial charge in [-0.15, -0.1) is 24.8 Å². The number of rotatable bonds is 4. The molecule has 3 N–H and O–H groups in total. The van der Waals surface area contributed by atoms with Crippen LogP contribution in [-0.4, -0.2) is 55.2 Å². The van der Waals surface area contributed by atoms with E-state index in [1.165, 1.54) is 6.42 Å². The predicted octanol–water partition coefficient (Wildman–Crippen LogP) is 1.33. The Balaban J connectivity index is 0.00000200. The summed E-state index contributed by atoms with van der Waals surface area (Å²) in [7, 11) is 0. The normalized spacial score (nSPS) is 23.3. The van der Waals surface area contributed by atoms with Gasteiger partial charge in [-0.25, -0.2) is 0 Å². The summed E-state index contributed by atoms with van der Waals surface area (Å²) in [6.45, 7) is 6.31. The molecule has 2 fully saturated rings. The quantitative estimate of drug-likeness (QED) is 0.809. The Morgan fingerprint density at radius 3 is 2.38 bits per heavy atom. The van der Waals surface area contributed by atoms with E-state index in [1.54, 1.807) is 0 Å². The first-order valence-corrected chi connectivity index (χ1v) is 7.51. The lowest BCUT2D eigenvalue weighted by molar-refractivity contribution is -0.127. The molecule has 1 heterocycles. The summed E-state index contributed by atoms with van der Waals surface area (Å²) in [4.78, 5) is 14.6. The van der Waals surface area contributed by atoms with Crippen molar-refractivity contribution in [2.75, 3.05) is 32.8 Å². The molecule has 1 atom stereocenters. The number of morpholine rings is 1. The molecular weight excluding hydrogens is 313 g/mol. The van der Waals surface area contributed by atoms with E-state index >= 15 is 0 Å². The second-order valence-corrected chi connectivity index (χ2v) is 5.92. The van der Waals surface area contributed by atoms with Gasteiger partial charge < -0.3 is 15.8 Å². The van der Waals surface area contributed by atoms with Gasteiger partial charge in [-0.3, -0.25) is 9.69 Å². The Morgan fingerprint density at radius 1 is 1.24 bits per heavy atom. The van der Waals surface area contributed by atoms with Gasteiger partial charge in [0.25, 0.3) is 0 Å². The van der Waals surface area contributed by atoms with Gasteiger partial charge in [-0.2, -0.15) is 0 Å². The van der Waals surface area contributed by atoms with Crippen molar-refractivity contribution in [2.24, 2.45) is 5.73 Å². The zero-order chi connectivity index (χ0) is 13.7. The number of halogens is 2. The second kappa shape index (κ2) is 9.85. The van der Waals surface area contributed by atoms with E-state index in [9.17, 15) is 4.79 Å². The number of amides is 1. The molecule has 0 aromatic heterocycles. The van der Waals surface area contributed by atoms with E-state index in [2.05, 4.69) is 17.1 Å². The van der Waals surface area contributed by atoms with Gasteiger partial charge in [0.05, 0.1) is 18.8 Å². The van der Waals surface area contributed by atoms with Crippen LogP contribution in [-0.2, 0) is 9.53 Å². The molecule has 1 unspecified atom stereocenters. The van der Waals surface area contributed by atoms with E-state index in [4.69, 9.17) is 10.5 Å². The Morgan fingerprint density at radius 2 is 1.81 bits per heavy atom. The summed E-state index contributed by atoms with van der Waals surface area (Å²) >= 11 is 0. The average Bonchev–Trinajstić information content (AvgIpc) is 2.46. The number of carbonyl (C=O) groups excluding carboxylic acids is 1. The number of nitrogens with one attached hydrogen (secondary N) is 1. The van der Waals surface area contributed by atoms with Crippen molar-refractivity contribution in [2.45, 2.75) is 50.6 Å². The van der Waals surface area contributed by atoms with Crippen LogP contribution in [0.4, 0.5) is 0 Å². The molecule has 7 heteroatoms. The van der Waals surface area contributed by atoms with E-state index in [0.29, 0.717) is 12.6 Å². The first-order chi connectivity index (χ1) is 9.12. The van der Waals surface area contributed by atoms with Crippen molar-refractivity contribution in [3.05, 3.63) is 0 Å². The van der Waals surface area contributed by atoms with Gasteiger partial charge in [0, 0.05) is 25.7 Å². The lowest BCUT2D eigenvalue weighted by atomic mass is 9.82. The van der Waals surface area contributed by atoms with E-state index in [1.807, 2.05) is 0 Å². The van der Waals surface area contributed by atoms with Gasteiger partial charge >= 0.3 is 0 Å². The molecule has 5 nitrogen and oxygen atoms in total. The second-order valence-electron chi connectivity index (χ2n) is 5.92. The van der Waals surface area contributed by atoms with Gasteiger partial charge in [0.15, 0.2) is 0 Å². The van der Waals surface area contributed by atoms with Crippen molar-refractivity contribution in [1.29, 1.82) is 0 Å². The van der Waals surface area contributed by atoms with Gasteiger partial charge in [0.1, 0.15) is 0 Å². The maximum absolute atomic E-state index is 12.2. The zero-order valence-corrected chi connectivity index (χ0v) is 14.4. The van der Waals surface area contributed by atoms with Crippen LogP contribution < -0.4 is 11.1 Å². The largest absolute Gasteiger partial charge is 0.379 e. The standard InChI is InChI=1S/C14H27N3O2.2ClH/c1-12(17-7-9-19-10-8-17)11-16-13(18)14(15)5-3-2-4-6-14;;/h12H,2-11,15H2,1H3,(H,16,18);2*1H. The van der Waals surface area contributed by atoms with Crippen LogP contribution in [0.3, 0.4) is 0 Å². The third-order valence-electron chi connectivity index (χ3n) is 4.43. The molecule has 1 saturated heterocycles. The molecule has 0 spiro atoms. The highest BCUT2D eigenvalue weighted by atomic mass is 35.5. The van der Waals surface area contributed by atoms with Crippen molar-refractivity contribution < 1.29 is 9.53 Å². The van der Waals surface area contributed by atoms with E-state index in [-0.39, 0.29) is 30.7 Å². The van der Waals surface area contributed by atoms with Gasteiger partial charge in [-0.1, -0.05) is 19.3 Å². The molecule has 2 aliphatic rings. The smallest absolute Gasteiger partial charge is 0.240 e. The lowest BCUT2D eigenvalue weighted by Crippen LogP contribution is -2.57. The molecule has 1 amide bonds. The summed E-state index contributed by atoms with van der Waals surface area (Å²) in [5.74, 6) is 0.0345. The summed E-state index contributed by atoms with van der Waals surface area (Å²) in [6, 6.07) is 0.347. The van der Waals surface area contributed by atoms with Crippen molar-refractivity contribution >= 4 is 30.7 Å². The van der Waals surface area contributed by atoms with Gasteiger partial charge in [0.2, 0.25) is 5.91 Å². The highest BCUT2D eigenvalue weighted by Gasteiger charge is 2.35. The summed E-state index contributed by atoms with van der Waals surface area (Å²) in [5, 5.41) is 3.04. The average molecular weight is 342 g/mol. The third kappa shape index (κ3) is 5.91. The van der Waals surface area contributed by atoms with Crippen LogP contribution in [0.1, 0.15) is 39.0 Å². The molecule has 21 heavy (non-hydrogen) atoms. The Bertz CT molecular complexity index is 307. The Hall–Kier alpha value is -0.0700. The third-order valence-corrected chi connectivity index (χ3v) is 4.43. The van der Waals surface area contributed by atoms with Crippen LogP contribution in [0, 0.1) is 0 Å². The molecule has 0 aromatic rings. The van der Waals surface area contributed by atoms with Crippen LogP contribution in [0.25, 0.3) is 0 Å². The fraction of sp³-hybridized carbons (Fsp3) is 0.929. The van der Waals surface area contributed by atoms with Crippen molar-refractivity contribution in [1.82, 2.24) is 10.2 Å². The van der Waals surface area contributed by atoms with Crippen LogP contribution in [0.5, 0.6) is 0 Å². The molecule has 0 radical (unpaired) electrons. The van der Waals surface area contributed by atoms with E-state index in [0.717, 1.165) is 52.0 Å². The van der Waals surface area contributed by atoms with Gasteiger partial charge in [-0.05, 0) is 19.8 Å². The maximum atomic E-state index is 12.2. The fourth-order valence-corrected chi connectivity index (χ4v) is 2.97. The first kappa shape index (κ1) is 20.9. The molecule has 0 aromatic carbocycles. The van der Waals surface area contributed by atoms with Crippen LogP contribution in [0.15, 0.2) is 0 Å². The fourth-order valence-electron chi connectivity index (χ4n) is 2.97. The minimum atomic E-state index is -0.622. The monoisotopic (exact) mass is 341 g/mol. The molecular formula is C14H29Cl2N3O2. The lowest BCUT2D eigenvalue weighted by Gasteiger charge is -2.35. The Kier molecular flexibility index (Phi) is 9.81. The predicted molar refractivity (Wildman–Crippen MR) is 89.4 cm³/mol. The molecule has 1 aliphatic heterocycles.